The van der Waals surface area contributed by atoms with E-state index >= 15 is 0 Å². The van der Waals surface area contributed by atoms with Crippen LogP contribution in [0.4, 0.5) is 13.2 Å². The summed E-state index contributed by atoms with van der Waals surface area (Å²) >= 11 is 0. The number of nitrogens with zero attached hydrogens (tertiary/aromatic N) is 3. The van der Waals surface area contributed by atoms with E-state index in [-0.39, 0.29) is 0 Å². The maximum Gasteiger partial charge on any atom is 0.417 e. The molecule has 0 spiro atoms. The average molecular weight is 486 g/mol. The lowest BCUT2D eigenvalue weighted by Crippen LogP contribution is -2.05. The molecule has 4 nitrogen and oxygen atoms in total. The number of azo groups is 1. The highest BCUT2D eigenvalue weighted by Gasteiger charge is 2.30. The number of hydrogen-bond acceptors (Lipinski definition) is 4. The Bertz CT molecular complexity index is 1390. The van der Waals surface area contributed by atoms with E-state index in [1.807, 2.05) is 30.3 Å². The Morgan fingerprint density at radius 2 is 1.81 bits per heavy atom. The van der Waals surface area contributed by atoms with Gasteiger partial charge in [-0.3, -0.25) is 4.98 Å². The van der Waals surface area contributed by atoms with E-state index in [0.717, 1.165) is 23.4 Å². The third-order valence-electron chi connectivity index (χ3n) is 5.39. The van der Waals surface area contributed by atoms with Crippen molar-refractivity contribution in [3.05, 3.63) is 114 Å². The quantitative estimate of drug-likeness (QED) is 0.348. The van der Waals surface area contributed by atoms with Crippen molar-refractivity contribution in [2.75, 3.05) is 6.54 Å². The van der Waals surface area contributed by atoms with Crippen molar-refractivity contribution in [2.24, 2.45) is 10.2 Å². The standard InChI is InChI=1S/C29H22F3N3O/c1-3-4-10-26-20(2)13-14-34-35-28(26)23-15-22(27-12-11-24(18-33-27)29(30,31)32)16-25(17-23)36-19-21-8-6-5-7-9-21/h3,5-9,11-12,15-18H,1-2,13-14,19H2. The molecule has 36 heavy (non-hydrogen) atoms. The van der Waals surface area contributed by atoms with Crippen LogP contribution in [0, 0.1) is 11.8 Å². The van der Waals surface area contributed by atoms with Gasteiger partial charge in [-0.1, -0.05) is 55.3 Å². The van der Waals surface area contributed by atoms with Crippen molar-refractivity contribution in [2.45, 2.75) is 19.2 Å². The Morgan fingerprint density at radius 1 is 1.03 bits per heavy atom. The van der Waals surface area contributed by atoms with Crippen LogP contribution in [0.25, 0.3) is 17.0 Å². The van der Waals surface area contributed by atoms with Gasteiger partial charge >= 0.3 is 6.18 Å². The Balaban J connectivity index is 1.83. The number of allylic oxidation sites excluding steroid dienone is 2. The van der Waals surface area contributed by atoms with Gasteiger partial charge in [-0.25, -0.2) is 0 Å². The molecule has 0 fully saturated rings. The minimum atomic E-state index is -4.47. The van der Waals surface area contributed by atoms with Crippen LogP contribution in [0.5, 0.6) is 5.75 Å². The number of halogens is 3. The molecular weight excluding hydrogens is 463 g/mol. The lowest BCUT2D eigenvalue weighted by Gasteiger charge is -2.13. The van der Waals surface area contributed by atoms with Crippen molar-refractivity contribution in [1.82, 2.24) is 4.98 Å². The third kappa shape index (κ3) is 5.97. The Morgan fingerprint density at radius 3 is 2.50 bits per heavy atom. The summed E-state index contributed by atoms with van der Waals surface area (Å²) < 4.78 is 45.2. The van der Waals surface area contributed by atoms with Crippen LogP contribution in [0.1, 0.15) is 23.1 Å². The van der Waals surface area contributed by atoms with Gasteiger partial charge in [0.05, 0.1) is 23.4 Å². The van der Waals surface area contributed by atoms with Crippen molar-refractivity contribution in [3.8, 4) is 28.8 Å². The minimum absolute atomic E-state index is 0.306. The van der Waals surface area contributed by atoms with Crippen LogP contribution in [-0.2, 0) is 12.8 Å². The van der Waals surface area contributed by atoms with Crippen LogP contribution in [0.3, 0.4) is 0 Å². The van der Waals surface area contributed by atoms with Crippen molar-refractivity contribution >= 4 is 5.70 Å². The molecule has 180 valence electrons. The van der Waals surface area contributed by atoms with Gasteiger partial charge in [0, 0.05) is 17.3 Å². The van der Waals surface area contributed by atoms with Crippen molar-refractivity contribution in [3.63, 3.8) is 0 Å². The number of rotatable bonds is 5. The van der Waals surface area contributed by atoms with Gasteiger partial charge in [0.1, 0.15) is 18.1 Å². The SMILES string of the molecule is C=CC#CC1=C(c2cc(OCc3ccccc3)cc(-c3ccc(C(F)(F)F)cn3)c2)N=NCCC1=C. The lowest BCUT2D eigenvalue weighted by molar-refractivity contribution is -0.137. The van der Waals surface area contributed by atoms with Crippen LogP contribution in [0.15, 0.2) is 107 Å². The van der Waals surface area contributed by atoms with E-state index in [2.05, 4.69) is 40.2 Å². The molecule has 1 aromatic heterocycles. The van der Waals surface area contributed by atoms with E-state index in [9.17, 15) is 13.2 Å². The minimum Gasteiger partial charge on any atom is -0.489 e. The second kappa shape index (κ2) is 10.9. The molecule has 0 saturated heterocycles. The first kappa shape index (κ1) is 24.7. The summed E-state index contributed by atoms with van der Waals surface area (Å²) in [5, 5.41) is 8.63. The predicted octanol–water partition coefficient (Wildman–Crippen LogP) is 7.66. The van der Waals surface area contributed by atoms with E-state index < -0.39 is 11.7 Å². The second-order valence-corrected chi connectivity index (χ2v) is 7.97. The molecule has 7 heteroatoms. The summed E-state index contributed by atoms with van der Waals surface area (Å²) in [5.74, 6) is 6.40. The Hall–Kier alpha value is -4.44. The smallest absolute Gasteiger partial charge is 0.417 e. The molecule has 1 aliphatic rings. The van der Waals surface area contributed by atoms with E-state index in [4.69, 9.17) is 4.74 Å². The first-order valence-electron chi connectivity index (χ1n) is 11.1. The fraction of sp³-hybridized carbons (Fsp3) is 0.138. The summed E-state index contributed by atoms with van der Waals surface area (Å²) in [6.07, 6.45) is -1.57. The molecule has 0 saturated carbocycles. The molecule has 4 rings (SSSR count). The van der Waals surface area contributed by atoms with E-state index in [1.165, 1.54) is 12.1 Å². The monoisotopic (exact) mass is 485 g/mol. The lowest BCUT2D eigenvalue weighted by atomic mass is 9.97. The van der Waals surface area contributed by atoms with Gasteiger partial charge in [0.15, 0.2) is 0 Å². The molecule has 1 aliphatic heterocycles. The molecular formula is C29H22F3N3O. The number of benzene rings is 2. The van der Waals surface area contributed by atoms with Crippen LogP contribution < -0.4 is 4.74 Å². The van der Waals surface area contributed by atoms with Gasteiger partial charge in [0.25, 0.3) is 0 Å². The zero-order valence-corrected chi connectivity index (χ0v) is 19.3. The van der Waals surface area contributed by atoms with E-state index in [1.54, 1.807) is 18.2 Å². The van der Waals surface area contributed by atoms with Crippen molar-refractivity contribution in [1.29, 1.82) is 0 Å². The molecule has 0 atom stereocenters. The highest BCUT2D eigenvalue weighted by Crippen LogP contribution is 2.35. The molecule has 0 unspecified atom stereocenters. The third-order valence-corrected chi connectivity index (χ3v) is 5.39. The highest BCUT2D eigenvalue weighted by molar-refractivity contribution is 5.79. The molecule has 0 N–H and O–H groups in total. The van der Waals surface area contributed by atoms with Crippen LogP contribution >= 0.6 is 0 Å². The molecule has 2 heterocycles. The Kier molecular flexibility index (Phi) is 7.45. The highest BCUT2D eigenvalue weighted by atomic mass is 19.4. The molecule has 0 amide bonds. The summed E-state index contributed by atoms with van der Waals surface area (Å²) in [4.78, 5) is 4.06. The normalized spacial score (nSPS) is 13.6. The number of pyridine rings is 1. The fourth-order valence-corrected chi connectivity index (χ4v) is 3.56. The molecule has 3 aromatic rings. The van der Waals surface area contributed by atoms with E-state index in [0.29, 0.717) is 53.4 Å². The van der Waals surface area contributed by atoms with Gasteiger partial charge in [-0.15, -0.1) is 0 Å². The summed E-state index contributed by atoms with van der Waals surface area (Å²) in [6.45, 7) is 8.56. The number of alkyl halides is 3. The summed E-state index contributed by atoms with van der Waals surface area (Å²) in [7, 11) is 0. The van der Waals surface area contributed by atoms with Gasteiger partial charge in [-0.05, 0) is 54.0 Å². The first-order chi connectivity index (χ1) is 17.3. The van der Waals surface area contributed by atoms with Crippen LogP contribution in [-0.4, -0.2) is 11.5 Å². The largest absolute Gasteiger partial charge is 0.489 e. The maximum atomic E-state index is 13.1. The number of ether oxygens (including phenoxy) is 1. The zero-order chi connectivity index (χ0) is 25.5. The zero-order valence-electron chi connectivity index (χ0n) is 19.3. The summed E-state index contributed by atoms with van der Waals surface area (Å²) in [5.41, 5.74) is 3.63. The van der Waals surface area contributed by atoms with Gasteiger partial charge in [0.2, 0.25) is 0 Å². The second-order valence-electron chi connectivity index (χ2n) is 7.97. The topological polar surface area (TPSA) is 46.8 Å². The molecule has 2 aromatic carbocycles. The van der Waals surface area contributed by atoms with Gasteiger partial charge in [-0.2, -0.15) is 23.4 Å². The maximum absolute atomic E-state index is 13.1. The van der Waals surface area contributed by atoms with Gasteiger partial charge < -0.3 is 4.74 Å². The predicted molar refractivity (Wildman–Crippen MR) is 134 cm³/mol. The van der Waals surface area contributed by atoms with Crippen molar-refractivity contribution < 1.29 is 17.9 Å². The molecule has 0 aliphatic carbocycles. The summed E-state index contributed by atoms with van der Waals surface area (Å²) in [6, 6.07) is 17.3. The first-order valence-corrected chi connectivity index (χ1v) is 11.1. The van der Waals surface area contributed by atoms with Crippen LogP contribution in [0.2, 0.25) is 0 Å². The molecule has 0 bridgehead atoms. The average Bonchev–Trinajstić information content (AvgIpc) is 3.07. The Labute approximate surface area is 207 Å². The number of aromatic nitrogens is 1. The fourth-order valence-electron chi connectivity index (χ4n) is 3.56. The molecule has 0 radical (unpaired) electrons. The number of hydrogen-bond donors (Lipinski definition) is 0.